The zero-order valence-corrected chi connectivity index (χ0v) is 9.66. The number of hydrogen-bond acceptors (Lipinski definition) is 3. The lowest BCUT2D eigenvalue weighted by Crippen LogP contribution is -2.28. The Kier molecular flexibility index (Phi) is 3.29. The smallest absolute Gasteiger partial charge is 0.198 e. The van der Waals surface area contributed by atoms with Crippen molar-refractivity contribution in [1.29, 1.82) is 0 Å². The Balaban J connectivity index is 2.37. The Morgan fingerprint density at radius 3 is 2.44 bits per heavy atom. The maximum Gasteiger partial charge on any atom is 0.198 e. The van der Waals surface area contributed by atoms with Crippen molar-refractivity contribution in [3.8, 4) is 0 Å². The van der Waals surface area contributed by atoms with E-state index in [4.69, 9.17) is 21.9 Å². The van der Waals surface area contributed by atoms with E-state index in [9.17, 15) is 0 Å². The van der Waals surface area contributed by atoms with E-state index in [0.717, 1.165) is 11.1 Å². The molecule has 84 valence electrons. The third kappa shape index (κ3) is 2.11. The van der Waals surface area contributed by atoms with E-state index in [0.29, 0.717) is 5.22 Å². The molecule has 16 heavy (non-hydrogen) atoms. The summed E-state index contributed by atoms with van der Waals surface area (Å²) in [5, 5.41) is 0.364. The van der Waals surface area contributed by atoms with Crippen LogP contribution in [0.2, 0.25) is 5.22 Å². The predicted molar refractivity (Wildman–Crippen MR) is 64.1 cm³/mol. The normalized spacial score (nSPS) is 12.7. The molecule has 0 aliphatic heterocycles. The maximum absolute atomic E-state index is 5.93. The van der Waals surface area contributed by atoms with Crippen LogP contribution in [0.5, 0.6) is 0 Å². The van der Waals surface area contributed by atoms with Crippen LogP contribution in [-0.4, -0.2) is 0 Å². The molecule has 2 rings (SSSR count). The monoisotopic (exact) mass is 236 g/mol. The molecule has 0 bridgehead atoms. The summed E-state index contributed by atoms with van der Waals surface area (Å²) in [6, 6.07) is 9.77. The van der Waals surface area contributed by atoms with Gasteiger partial charge in [-0.05, 0) is 30.2 Å². The van der Waals surface area contributed by atoms with Crippen LogP contribution in [0.25, 0.3) is 0 Å². The SMILES string of the molecule is Cc1ccc(C(NN)c2ccoc2Cl)cc1. The van der Waals surface area contributed by atoms with E-state index in [1.807, 2.05) is 37.3 Å². The number of halogens is 1. The van der Waals surface area contributed by atoms with Gasteiger partial charge in [-0.2, -0.15) is 0 Å². The first kappa shape index (κ1) is 11.2. The van der Waals surface area contributed by atoms with Gasteiger partial charge in [0.15, 0.2) is 5.22 Å². The highest BCUT2D eigenvalue weighted by molar-refractivity contribution is 6.29. The number of nitrogens with one attached hydrogen (secondary N) is 1. The van der Waals surface area contributed by atoms with Crippen molar-refractivity contribution < 1.29 is 4.42 Å². The number of nitrogens with two attached hydrogens (primary N) is 1. The summed E-state index contributed by atoms with van der Waals surface area (Å²) in [6.07, 6.45) is 1.55. The summed E-state index contributed by atoms with van der Waals surface area (Å²) in [4.78, 5) is 0. The molecule has 0 radical (unpaired) electrons. The van der Waals surface area contributed by atoms with Gasteiger partial charge in [0.1, 0.15) is 0 Å². The van der Waals surface area contributed by atoms with Gasteiger partial charge >= 0.3 is 0 Å². The van der Waals surface area contributed by atoms with E-state index >= 15 is 0 Å². The lowest BCUT2D eigenvalue weighted by atomic mass is 10.0. The number of benzene rings is 1. The van der Waals surface area contributed by atoms with Crippen molar-refractivity contribution in [2.24, 2.45) is 5.84 Å². The second-order valence-electron chi connectivity index (χ2n) is 3.66. The zero-order chi connectivity index (χ0) is 11.5. The Bertz CT molecular complexity index is 464. The Hall–Kier alpha value is -1.29. The average molecular weight is 237 g/mol. The zero-order valence-electron chi connectivity index (χ0n) is 8.91. The van der Waals surface area contributed by atoms with E-state index in [-0.39, 0.29) is 6.04 Å². The van der Waals surface area contributed by atoms with Gasteiger partial charge in [0, 0.05) is 5.56 Å². The molecule has 4 heteroatoms. The third-order valence-electron chi connectivity index (χ3n) is 2.53. The number of aryl methyl sites for hydroxylation is 1. The van der Waals surface area contributed by atoms with Crippen LogP contribution < -0.4 is 11.3 Å². The minimum Gasteiger partial charge on any atom is -0.453 e. The van der Waals surface area contributed by atoms with Gasteiger partial charge in [-0.25, -0.2) is 5.43 Å². The van der Waals surface area contributed by atoms with Crippen LogP contribution in [-0.2, 0) is 0 Å². The fourth-order valence-electron chi connectivity index (χ4n) is 1.63. The van der Waals surface area contributed by atoms with Crippen LogP contribution in [0.4, 0.5) is 0 Å². The van der Waals surface area contributed by atoms with E-state index < -0.39 is 0 Å². The highest BCUT2D eigenvalue weighted by Gasteiger charge is 2.17. The summed E-state index contributed by atoms with van der Waals surface area (Å²) in [5.41, 5.74) is 5.84. The first-order valence-corrected chi connectivity index (χ1v) is 5.35. The predicted octanol–water partition coefficient (Wildman–Crippen LogP) is 2.79. The van der Waals surface area contributed by atoms with Gasteiger partial charge in [0.05, 0.1) is 12.3 Å². The van der Waals surface area contributed by atoms with Crippen LogP contribution in [0.1, 0.15) is 22.7 Å². The second kappa shape index (κ2) is 4.70. The first-order valence-electron chi connectivity index (χ1n) is 4.98. The fourth-order valence-corrected chi connectivity index (χ4v) is 1.86. The molecule has 1 heterocycles. The summed E-state index contributed by atoms with van der Waals surface area (Å²) in [6.45, 7) is 2.04. The van der Waals surface area contributed by atoms with E-state index in [2.05, 4.69) is 5.43 Å². The number of hydrogen-bond donors (Lipinski definition) is 2. The molecular formula is C12H13ClN2O. The summed E-state index contributed by atoms with van der Waals surface area (Å²) in [5.74, 6) is 5.55. The molecule has 1 atom stereocenters. The van der Waals surface area contributed by atoms with Crippen molar-refractivity contribution >= 4 is 11.6 Å². The van der Waals surface area contributed by atoms with Crippen molar-refractivity contribution in [1.82, 2.24) is 5.43 Å². The Labute approximate surface area is 99.2 Å². The largest absolute Gasteiger partial charge is 0.453 e. The molecule has 0 fully saturated rings. The van der Waals surface area contributed by atoms with Crippen molar-refractivity contribution in [3.63, 3.8) is 0 Å². The van der Waals surface area contributed by atoms with E-state index in [1.165, 1.54) is 5.56 Å². The van der Waals surface area contributed by atoms with Crippen LogP contribution >= 0.6 is 11.6 Å². The number of rotatable bonds is 3. The summed E-state index contributed by atoms with van der Waals surface area (Å²) >= 11 is 5.93. The molecule has 0 saturated carbocycles. The Morgan fingerprint density at radius 1 is 1.25 bits per heavy atom. The molecule has 0 saturated heterocycles. The van der Waals surface area contributed by atoms with Crippen LogP contribution in [0.15, 0.2) is 41.0 Å². The highest BCUT2D eigenvalue weighted by atomic mass is 35.5. The molecule has 1 aromatic carbocycles. The van der Waals surface area contributed by atoms with Crippen molar-refractivity contribution in [3.05, 3.63) is 58.5 Å². The minimum atomic E-state index is -0.146. The quantitative estimate of drug-likeness (QED) is 0.637. The Morgan fingerprint density at radius 2 is 1.94 bits per heavy atom. The molecule has 3 N–H and O–H groups in total. The molecule has 1 unspecified atom stereocenters. The van der Waals surface area contributed by atoms with Crippen LogP contribution in [0.3, 0.4) is 0 Å². The molecule has 2 aromatic rings. The van der Waals surface area contributed by atoms with Gasteiger partial charge in [-0.3, -0.25) is 5.84 Å². The lowest BCUT2D eigenvalue weighted by molar-refractivity contribution is 0.555. The highest BCUT2D eigenvalue weighted by Crippen LogP contribution is 2.28. The van der Waals surface area contributed by atoms with Gasteiger partial charge in [0.25, 0.3) is 0 Å². The van der Waals surface area contributed by atoms with E-state index in [1.54, 1.807) is 6.26 Å². The molecule has 0 aliphatic carbocycles. The molecule has 0 spiro atoms. The lowest BCUT2D eigenvalue weighted by Gasteiger charge is -2.15. The molecule has 3 nitrogen and oxygen atoms in total. The van der Waals surface area contributed by atoms with Gasteiger partial charge in [-0.1, -0.05) is 29.8 Å². The molecule has 0 aliphatic rings. The topological polar surface area (TPSA) is 51.2 Å². The fraction of sp³-hybridized carbons (Fsp3) is 0.167. The first-order chi connectivity index (χ1) is 7.72. The van der Waals surface area contributed by atoms with Crippen molar-refractivity contribution in [2.45, 2.75) is 13.0 Å². The molecular weight excluding hydrogens is 224 g/mol. The second-order valence-corrected chi connectivity index (χ2v) is 4.00. The third-order valence-corrected chi connectivity index (χ3v) is 2.84. The molecule has 0 amide bonds. The average Bonchev–Trinajstić information content (AvgIpc) is 2.69. The number of furan rings is 1. The maximum atomic E-state index is 5.93. The standard InChI is InChI=1S/C12H13ClN2O/c1-8-2-4-9(5-3-8)11(15-14)10-6-7-16-12(10)13/h2-7,11,15H,14H2,1H3. The minimum absolute atomic E-state index is 0.146. The summed E-state index contributed by atoms with van der Waals surface area (Å²) in [7, 11) is 0. The van der Waals surface area contributed by atoms with Crippen LogP contribution in [0, 0.1) is 6.92 Å². The molecule has 1 aromatic heterocycles. The van der Waals surface area contributed by atoms with Crippen molar-refractivity contribution in [2.75, 3.05) is 0 Å². The van der Waals surface area contributed by atoms with Gasteiger partial charge < -0.3 is 4.42 Å². The van der Waals surface area contributed by atoms with Gasteiger partial charge in [0.2, 0.25) is 0 Å². The summed E-state index contributed by atoms with van der Waals surface area (Å²) < 4.78 is 5.06. The number of hydrazine groups is 1. The van der Waals surface area contributed by atoms with Gasteiger partial charge in [-0.15, -0.1) is 0 Å².